The molecule has 3 N–H and O–H groups in total. The van der Waals surface area contributed by atoms with E-state index in [9.17, 15) is 0 Å². The van der Waals surface area contributed by atoms with Crippen LogP contribution in [0.3, 0.4) is 0 Å². The first-order valence-electron chi connectivity index (χ1n) is 6.81. The zero-order valence-electron chi connectivity index (χ0n) is 12.9. The smallest absolute Gasteiger partial charge is 0.188 e. The van der Waals surface area contributed by atoms with Crippen LogP contribution in [0.4, 0.5) is 16.6 Å². The van der Waals surface area contributed by atoms with E-state index in [0.29, 0.717) is 17.3 Å². The summed E-state index contributed by atoms with van der Waals surface area (Å²) in [5.74, 6) is 1.10. The zero-order chi connectivity index (χ0) is 15.9. The van der Waals surface area contributed by atoms with Crippen LogP contribution in [0.5, 0.6) is 0 Å². The lowest BCUT2D eigenvalue weighted by atomic mass is 10.4. The van der Waals surface area contributed by atoms with Gasteiger partial charge in [-0.3, -0.25) is 0 Å². The number of aromatic nitrogens is 5. The van der Waals surface area contributed by atoms with Gasteiger partial charge in [-0.2, -0.15) is 5.10 Å². The second-order valence-corrected chi connectivity index (χ2v) is 6.29. The predicted octanol–water partition coefficient (Wildman–Crippen LogP) is 2.68. The van der Waals surface area contributed by atoms with Crippen molar-refractivity contribution in [2.24, 2.45) is 0 Å². The van der Waals surface area contributed by atoms with E-state index in [1.807, 2.05) is 33.8 Å². The van der Waals surface area contributed by atoms with Gasteiger partial charge < -0.3 is 11.1 Å². The second-order valence-electron chi connectivity index (χ2n) is 5.08. The van der Waals surface area contributed by atoms with E-state index in [0.717, 1.165) is 27.1 Å². The molecule has 0 aliphatic carbocycles. The van der Waals surface area contributed by atoms with E-state index >= 15 is 0 Å². The third kappa shape index (κ3) is 2.52. The number of hydrogen-bond donors (Lipinski definition) is 2. The fourth-order valence-electron chi connectivity index (χ4n) is 2.13. The maximum Gasteiger partial charge on any atom is 0.188 e. The molecule has 3 aromatic rings. The topological polar surface area (TPSA) is 94.5 Å². The number of anilines is 3. The van der Waals surface area contributed by atoms with Gasteiger partial charge in [-0.15, -0.1) is 11.3 Å². The van der Waals surface area contributed by atoms with Crippen LogP contribution >= 0.6 is 11.3 Å². The van der Waals surface area contributed by atoms with Crippen molar-refractivity contribution < 1.29 is 0 Å². The van der Waals surface area contributed by atoms with E-state index in [1.54, 1.807) is 16.0 Å². The summed E-state index contributed by atoms with van der Waals surface area (Å²) < 4.78 is 1.72. The molecular weight excluding hydrogens is 298 g/mol. The van der Waals surface area contributed by atoms with Gasteiger partial charge in [0.15, 0.2) is 16.8 Å². The molecule has 0 fully saturated rings. The van der Waals surface area contributed by atoms with Crippen LogP contribution in [0, 0.1) is 27.7 Å². The monoisotopic (exact) mass is 315 g/mol. The van der Waals surface area contributed by atoms with Crippen molar-refractivity contribution >= 4 is 28.0 Å². The van der Waals surface area contributed by atoms with Crippen LogP contribution in [-0.4, -0.2) is 24.7 Å². The summed E-state index contributed by atoms with van der Waals surface area (Å²) >= 11 is 1.57. The first kappa shape index (κ1) is 14.5. The molecular formula is C14H17N7S. The molecule has 0 saturated carbocycles. The van der Waals surface area contributed by atoms with Gasteiger partial charge in [0.25, 0.3) is 0 Å². The molecule has 114 valence electrons. The lowest BCUT2D eigenvalue weighted by molar-refractivity contribution is 0.804. The van der Waals surface area contributed by atoms with E-state index in [1.165, 1.54) is 6.33 Å². The number of thiazole rings is 1. The Bertz CT molecular complexity index is 814. The Morgan fingerprint density at radius 2 is 1.95 bits per heavy atom. The summed E-state index contributed by atoms with van der Waals surface area (Å²) in [6, 6.07) is 1.97. The Morgan fingerprint density at radius 3 is 2.55 bits per heavy atom. The number of nitrogens with zero attached hydrogens (tertiary/aromatic N) is 5. The number of nitrogens with two attached hydrogens (primary N) is 1. The van der Waals surface area contributed by atoms with Gasteiger partial charge in [-0.05, 0) is 33.8 Å². The Kier molecular flexibility index (Phi) is 3.53. The Balaban J connectivity index is 2.00. The van der Waals surface area contributed by atoms with Gasteiger partial charge in [0.1, 0.15) is 12.0 Å². The van der Waals surface area contributed by atoms with Gasteiger partial charge in [-0.25, -0.2) is 19.6 Å². The van der Waals surface area contributed by atoms with Gasteiger partial charge in [-0.1, -0.05) is 0 Å². The number of aryl methyl sites for hydroxylation is 4. The Labute approximate surface area is 132 Å². The predicted molar refractivity (Wildman–Crippen MR) is 87.9 cm³/mol. The fraction of sp³-hybridized carbons (Fsp3) is 0.286. The van der Waals surface area contributed by atoms with Crippen molar-refractivity contribution in [2.75, 3.05) is 11.1 Å². The molecule has 0 amide bonds. The standard InChI is InChI=1S/C14H17N7S/c1-7-5-8(2)21(20-7)13-11(15)12(16-6-17-13)19-14-18-9(3)10(4)22-14/h5-6H,15H2,1-4H3,(H,16,17,18,19). The molecule has 0 radical (unpaired) electrons. The van der Waals surface area contributed by atoms with Crippen LogP contribution in [-0.2, 0) is 0 Å². The minimum atomic E-state index is 0.444. The number of hydrogen-bond acceptors (Lipinski definition) is 7. The van der Waals surface area contributed by atoms with Gasteiger partial charge in [0.2, 0.25) is 0 Å². The number of rotatable bonds is 3. The summed E-state index contributed by atoms with van der Waals surface area (Å²) in [6.07, 6.45) is 1.47. The minimum Gasteiger partial charge on any atom is -0.393 e. The molecule has 0 unspecified atom stereocenters. The first-order valence-corrected chi connectivity index (χ1v) is 7.62. The molecule has 7 nitrogen and oxygen atoms in total. The van der Waals surface area contributed by atoms with Crippen LogP contribution in [0.1, 0.15) is 22.0 Å². The van der Waals surface area contributed by atoms with Gasteiger partial charge in [0.05, 0.1) is 11.4 Å². The highest BCUT2D eigenvalue weighted by atomic mass is 32.1. The molecule has 0 spiro atoms. The van der Waals surface area contributed by atoms with E-state index in [2.05, 4.69) is 25.4 Å². The Hall–Kier alpha value is -2.48. The summed E-state index contributed by atoms with van der Waals surface area (Å²) in [4.78, 5) is 14.1. The number of nitrogens with one attached hydrogen (secondary N) is 1. The van der Waals surface area contributed by atoms with Crippen molar-refractivity contribution in [3.63, 3.8) is 0 Å². The fourth-order valence-corrected chi connectivity index (χ4v) is 2.94. The average Bonchev–Trinajstić information content (AvgIpc) is 2.95. The van der Waals surface area contributed by atoms with E-state index < -0.39 is 0 Å². The molecule has 22 heavy (non-hydrogen) atoms. The van der Waals surface area contributed by atoms with E-state index in [4.69, 9.17) is 5.73 Å². The maximum absolute atomic E-state index is 6.21. The zero-order valence-corrected chi connectivity index (χ0v) is 13.7. The SMILES string of the molecule is Cc1cc(C)n(-c2ncnc(Nc3nc(C)c(C)s3)c2N)n1. The first-order chi connectivity index (χ1) is 10.5. The molecule has 3 heterocycles. The molecule has 0 saturated heterocycles. The lowest BCUT2D eigenvalue weighted by Crippen LogP contribution is -2.09. The third-order valence-corrected chi connectivity index (χ3v) is 4.32. The van der Waals surface area contributed by atoms with E-state index in [-0.39, 0.29) is 0 Å². The molecule has 0 aliphatic rings. The molecule has 3 aromatic heterocycles. The lowest BCUT2D eigenvalue weighted by Gasteiger charge is -2.10. The summed E-state index contributed by atoms with van der Waals surface area (Å²) in [5.41, 5.74) is 9.54. The van der Waals surface area contributed by atoms with Crippen LogP contribution < -0.4 is 11.1 Å². The second kappa shape index (κ2) is 5.38. The molecule has 0 atom stereocenters. The Morgan fingerprint density at radius 1 is 1.18 bits per heavy atom. The van der Waals surface area contributed by atoms with Crippen molar-refractivity contribution in [2.45, 2.75) is 27.7 Å². The van der Waals surface area contributed by atoms with Crippen molar-refractivity contribution in [1.29, 1.82) is 0 Å². The largest absolute Gasteiger partial charge is 0.393 e. The van der Waals surface area contributed by atoms with Crippen LogP contribution in [0.2, 0.25) is 0 Å². The summed E-state index contributed by atoms with van der Waals surface area (Å²) in [6.45, 7) is 7.90. The van der Waals surface area contributed by atoms with Crippen molar-refractivity contribution in [1.82, 2.24) is 24.7 Å². The van der Waals surface area contributed by atoms with Crippen LogP contribution in [0.25, 0.3) is 5.82 Å². The average molecular weight is 315 g/mol. The van der Waals surface area contributed by atoms with Gasteiger partial charge in [0, 0.05) is 10.6 Å². The molecule has 0 bridgehead atoms. The quantitative estimate of drug-likeness (QED) is 0.771. The minimum absolute atomic E-state index is 0.444. The van der Waals surface area contributed by atoms with Crippen molar-refractivity contribution in [3.05, 3.63) is 34.4 Å². The third-order valence-electron chi connectivity index (χ3n) is 3.33. The molecule has 3 rings (SSSR count). The summed E-state index contributed by atoms with van der Waals surface area (Å²) in [5, 5.41) is 8.34. The highest BCUT2D eigenvalue weighted by Gasteiger charge is 2.14. The molecule has 8 heteroatoms. The van der Waals surface area contributed by atoms with Gasteiger partial charge >= 0.3 is 0 Å². The molecule has 0 aliphatic heterocycles. The highest BCUT2D eigenvalue weighted by Crippen LogP contribution is 2.28. The normalized spacial score (nSPS) is 10.9. The molecule has 0 aromatic carbocycles. The summed E-state index contributed by atoms with van der Waals surface area (Å²) in [7, 11) is 0. The maximum atomic E-state index is 6.21. The highest BCUT2D eigenvalue weighted by molar-refractivity contribution is 7.15. The number of nitrogen functional groups attached to an aromatic ring is 1. The van der Waals surface area contributed by atoms with Crippen molar-refractivity contribution in [3.8, 4) is 5.82 Å². The van der Waals surface area contributed by atoms with Crippen LogP contribution in [0.15, 0.2) is 12.4 Å².